The fourth-order valence-electron chi connectivity index (χ4n) is 1.84. The molecule has 0 aliphatic rings. The first-order chi connectivity index (χ1) is 9.24. The molecule has 0 fully saturated rings. The number of anilines is 1. The number of nitrogens with zero attached hydrogens (tertiary/aromatic N) is 2. The van der Waals surface area contributed by atoms with Gasteiger partial charge in [0.15, 0.2) is 5.76 Å². The van der Waals surface area contributed by atoms with Crippen LogP contribution in [0.2, 0.25) is 0 Å². The lowest BCUT2D eigenvalue weighted by molar-refractivity contribution is 0.594. The highest BCUT2D eigenvalue weighted by Crippen LogP contribution is 2.33. The van der Waals surface area contributed by atoms with Crippen molar-refractivity contribution in [2.45, 2.75) is 0 Å². The van der Waals surface area contributed by atoms with Gasteiger partial charge in [-0.1, -0.05) is 0 Å². The van der Waals surface area contributed by atoms with Crippen molar-refractivity contribution in [2.24, 2.45) is 0 Å². The monoisotopic (exact) mass is 255 g/mol. The quantitative estimate of drug-likeness (QED) is 0.764. The molecule has 3 rings (SSSR count). The van der Waals surface area contributed by atoms with E-state index in [1.54, 1.807) is 24.5 Å². The molecular formula is C14H10FN3O. The second-order valence-electron chi connectivity index (χ2n) is 3.97. The van der Waals surface area contributed by atoms with E-state index in [1.807, 2.05) is 12.1 Å². The molecule has 0 atom stereocenters. The molecular weight excluding hydrogens is 245 g/mol. The van der Waals surface area contributed by atoms with Crippen LogP contribution in [-0.4, -0.2) is 9.97 Å². The van der Waals surface area contributed by atoms with Crippen LogP contribution in [0.15, 0.2) is 53.2 Å². The van der Waals surface area contributed by atoms with E-state index in [2.05, 4.69) is 9.97 Å². The number of rotatable bonds is 2. The Morgan fingerprint density at radius 3 is 2.32 bits per heavy atom. The van der Waals surface area contributed by atoms with Gasteiger partial charge in [0.1, 0.15) is 11.5 Å². The minimum absolute atomic E-state index is 0.0751. The summed E-state index contributed by atoms with van der Waals surface area (Å²) in [4.78, 5) is 8.12. The predicted octanol–water partition coefficient (Wildman–Crippen LogP) is 3.12. The number of nitrogens with two attached hydrogens (primary N) is 1. The fourth-order valence-corrected chi connectivity index (χ4v) is 1.84. The lowest BCUT2D eigenvalue weighted by atomic mass is 10.1. The van der Waals surface area contributed by atoms with Gasteiger partial charge in [-0.3, -0.25) is 4.98 Å². The van der Waals surface area contributed by atoms with E-state index in [0.717, 1.165) is 11.1 Å². The average molecular weight is 255 g/mol. The topological polar surface area (TPSA) is 64.9 Å². The van der Waals surface area contributed by atoms with Gasteiger partial charge in [0.25, 0.3) is 6.01 Å². The predicted molar refractivity (Wildman–Crippen MR) is 69.5 cm³/mol. The summed E-state index contributed by atoms with van der Waals surface area (Å²) in [6, 6.07) is 9.68. The molecule has 2 aromatic heterocycles. The molecule has 4 nitrogen and oxygen atoms in total. The number of halogens is 1. The van der Waals surface area contributed by atoms with Gasteiger partial charge in [0.2, 0.25) is 0 Å². The zero-order valence-corrected chi connectivity index (χ0v) is 9.88. The van der Waals surface area contributed by atoms with Crippen LogP contribution in [0.25, 0.3) is 22.6 Å². The van der Waals surface area contributed by atoms with Crippen LogP contribution in [0.5, 0.6) is 0 Å². The van der Waals surface area contributed by atoms with Crippen molar-refractivity contribution in [1.29, 1.82) is 0 Å². The molecule has 2 heterocycles. The molecule has 0 amide bonds. The Morgan fingerprint density at radius 1 is 0.947 bits per heavy atom. The molecule has 0 aliphatic carbocycles. The van der Waals surface area contributed by atoms with Crippen LogP contribution in [0, 0.1) is 5.82 Å². The van der Waals surface area contributed by atoms with E-state index in [-0.39, 0.29) is 11.8 Å². The van der Waals surface area contributed by atoms with Gasteiger partial charge in [-0.05, 0) is 36.4 Å². The molecule has 0 saturated heterocycles. The van der Waals surface area contributed by atoms with E-state index in [0.29, 0.717) is 11.5 Å². The largest absolute Gasteiger partial charge is 0.423 e. The van der Waals surface area contributed by atoms with E-state index in [4.69, 9.17) is 10.2 Å². The maximum absolute atomic E-state index is 13.0. The van der Waals surface area contributed by atoms with Gasteiger partial charge < -0.3 is 10.2 Å². The second kappa shape index (κ2) is 4.53. The van der Waals surface area contributed by atoms with Crippen molar-refractivity contribution in [2.75, 3.05) is 5.73 Å². The fraction of sp³-hybridized carbons (Fsp3) is 0. The van der Waals surface area contributed by atoms with Crippen molar-refractivity contribution in [1.82, 2.24) is 9.97 Å². The Labute approximate surface area is 108 Å². The minimum Gasteiger partial charge on any atom is -0.423 e. The van der Waals surface area contributed by atoms with Gasteiger partial charge >= 0.3 is 0 Å². The third kappa shape index (κ3) is 2.18. The number of hydrogen-bond acceptors (Lipinski definition) is 4. The van der Waals surface area contributed by atoms with Crippen LogP contribution in [-0.2, 0) is 0 Å². The van der Waals surface area contributed by atoms with Crippen molar-refractivity contribution in [3.8, 4) is 22.6 Å². The van der Waals surface area contributed by atoms with E-state index >= 15 is 0 Å². The lowest BCUT2D eigenvalue weighted by Gasteiger charge is -2.00. The Bertz CT molecular complexity index is 692. The maximum Gasteiger partial charge on any atom is 0.293 e. The molecule has 0 unspecified atom stereocenters. The second-order valence-corrected chi connectivity index (χ2v) is 3.97. The smallest absolute Gasteiger partial charge is 0.293 e. The standard InChI is InChI=1S/C14H10FN3O/c15-11-3-1-10(2-4-11)13-12(18-14(16)19-13)9-5-7-17-8-6-9/h1-8H,(H2,16,18). The molecule has 94 valence electrons. The Balaban J connectivity index is 2.15. The summed E-state index contributed by atoms with van der Waals surface area (Å²) in [6.07, 6.45) is 3.32. The van der Waals surface area contributed by atoms with E-state index in [9.17, 15) is 4.39 Å². The van der Waals surface area contributed by atoms with Crippen LogP contribution >= 0.6 is 0 Å². The van der Waals surface area contributed by atoms with Crippen LogP contribution in [0.1, 0.15) is 0 Å². The first-order valence-corrected chi connectivity index (χ1v) is 5.66. The number of benzene rings is 1. The number of pyridine rings is 1. The van der Waals surface area contributed by atoms with Crippen molar-refractivity contribution < 1.29 is 8.81 Å². The Hall–Kier alpha value is -2.69. The lowest BCUT2D eigenvalue weighted by Crippen LogP contribution is -1.85. The van der Waals surface area contributed by atoms with Crippen molar-refractivity contribution in [3.05, 3.63) is 54.6 Å². The van der Waals surface area contributed by atoms with E-state index < -0.39 is 0 Å². The number of hydrogen-bond donors (Lipinski definition) is 1. The molecule has 19 heavy (non-hydrogen) atoms. The molecule has 3 aromatic rings. The van der Waals surface area contributed by atoms with Crippen molar-refractivity contribution >= 4 is 6.01 Å². The molecule has 0 spiro atoms. The van der Waals surface area contributed by atoms with Crippen LogP contribution < -0.4 is 5.73 Å². The van der Waals surface area contributed by atoms with Gasteiger partial charge in [0.05, 0.1) is 0 Å². The summed E-state index contributed by atoms with van der Waals surface area (Å²) in [6.45, 7) is 0. The SMILES string of the molecule is Nc1nc(-c2ccncc2)c(-c2ccc(F)cc2)o1. The summed E-state index contributed by atoms with van der Waals surface area (Å²) in [5, 5.41) is 0. The number of oxazole rings is 1. The van der Waals surface area contributed by atoms with Crippen LogP contribution in [0.4, 0.5) is 10.4 Å². The molecule has 5 heteroatoms. The zero-order chi connectivity index (χ0) is 13.2. The minimum atomic E-state index is -0.304. The number of nitrogen functional groups attached to an aromatic ring is 1. The van der Waals surface area contributed by atoms with Gasteiger partial charge in [-0.15, -0.1) is 0 Å². The first kappa shape index (κ1) is 11.4. The first-order valence-electron chi connectivity index (χ1n) is 5.66. The highest BCUT2D eigenvalue weighted by Gasteiger charge is 2.15. The van der Waals surface area contributed by atoms with Crippen molar-refractivity contribution in [3.63, 3.8) is 0 Å². The third-order valence-electron chi connectivity index (χ3n) is 2.70. The Kier molecular flexibility index (Phi) is 2.72. The maximum atomic E-state index is 13.0. The summed E-state index contributed by atoms with van der Waals surface area (Å²) >= 11 is 0. The van der Waals surface area contributed by atoms with E-state index in [1.165, 1.54) is 12.1 Å². The third-order valence-corrected chi connectivity index (χ3v) is 2.70. The normalized spacial score (nSPS) is 10.6. The molecule has 1 aromatic carbocycles. The highest BCUT2D eigenvalue weighted by atomic mass is 19.1. The summed E-state index contributed by atoms with van der Waals surface area (Å²) in [7, 11) is 0. The molecule has 0 bridgehead atoms. The van der Waals surface area contributed by atoms with Gasteiger partial charge in [0, 0.05) is 23.5 Å². The summed E-state index contributed by atoms with van der Waals surface area (Å²) in [5.41, 5.74) is 7.80. The van der Waals surface area contributed by atoms with Crippen LogP contribution in [0.3, 0.4) is 0 Å². The van der Waals surface area contributed by atoms with Gasteiger partial charge in [-0.25, -0.2) is 4.39 Å². The molecule has 0 aliphatic heterocycles. The Morgan fingerprint density at radius 2 is 1.63 bits per heavy atom. The summed E-state index contributed by atoms with van der Waals surface area (Å²) in [5.74, 6) is 0.213. The molecule has 0 saturated carbocycles. The van der Waals surface area contributed by atoms with Gasteiger partial charge in [-0.2, -0.15) is 4.98 Å². The summed E-state index contributed by atoms with van der Waals surface area (Å²) < 4.78 is 18.4. The average Bonchev–Trinajstić information content (AvgIpc) is 2.83. The highest BCUT2D eigenvalue weighted by molar-refractivity contribution is 5.77. The molecule has 0 radical (unpaired) electrons. The number of aromatic nitrogens is 2. The molecule has 2 N–H and O–H groups in total. The zero-order valence-electron chi connectivity index (χ0n) is 9.88.